The number of hydrogen-bond acceptors (Lipinski definition) is 7. The minimum absolute atomic E-state index is 0.144. The van der Waals surface area contributed by atoms with Gasteiger partial charge in [0.25, 0.3) is 20.2 Å². The number of anilines is 1. The Morgan fingerprint density at radius 2 is 1.51 bits per heavy atom. The Hall–Kier alpha value is -3.62. The third-order valence-electron chi connectivity index (χ3n) is 8.64. The third kappa shape index (κ3) is 6.97. The maximum atomic E-state index is 11.9. The van der Waals surface area contributed by atoms with Crippen LogP contribution in [-0.4, -0.2) is 55.7 Å². The van der Waals surface area contributed by atoms with Crippen LogP contribution in [0.2, 0.25) is 0 Å². The van der Waals surface area contributed by atoms with E-state index < -0.39 is 31.1 Å². The normalized spacial score (nSPS) is 18.3. The number of benzene rings is 2. The Kier molecular flexibility index (Phi) is 9.62. The number of nitrogens with one attached hydrogen (secondary N) is 1. The molecule has 242 valence electrons. The van der Waals surface area contributed by atoms with Gasteiger partial charge in [-0.05, 0) is 68.7 Å². The molecule has 45 heavy (non-hydrogen) atoms. The number of hydrazine groups is 1. The standard InChI is InChI=1S/C32H40N4O7S2/c1-31(2)24-20-22(44(38,39)40)15-17-26(24)35(5)28(31)12-8-6-9-13-29-32(3,4)25-21-23(45(41,42)43)16-18-27(25)36(29)19-11-7-10-14-30(37)34-33/h6,8-9,12-13,15-18,20-21H,7,10-11,14,19,33H2,1-5H3,(H2-,34,37,38,39,40,41,42,43)/p+1. The van der Waals surface area contributed by atoms with Gasteiger partial charge in [-0.25, -0.2) is 5.84 Å². The highest BCUT2D eigenvalue weighted by Crippen LogP contribution is 2.48. The predicted octanol–water partition coefficient (Wildman–Crippen LogP) is 4.53. The molecule has 0 fully saturated rings. The molecule has 0 unspecified atom stereocenters. The summed E-state index contributed by atoms with van der Waals surface area (Å²) in [6, 6.07) is 9.23. The van der Waals surface area contributed by atoms with Crippen LogP contribution in [0.15, 0.2) is 82.3 Å². The molecule has 0 aliphatic carbocycles. The molecule has 0 bridgehead atoms. The monoisotopic (exact) mass is 657 g/mol. The molecule has 0 spiro atoms. The second kappa shape index (κ2) is 12.6. The van der Waals surface area contributed by atoms with E-state index >= 15 is 0 Å². The van der Waals surface area contributed by atoms with E-state index in [-0.39, 0.29) is 15.7 Å². The first-order valence-electron chi connectivity index (χ1n) is 14.6. The number of carbonyl (C=O) groups excluding carboxylic acids is 1. The van der Waals surface area contributed by atoms with Crippen molar-refractivity contribution >= 4 is 43.2 Å². The first kappa shape index (κ1) is 34.3. The van der Waals surface area contributed by atoms with Crippen molar-refractivity contribution in [2.75, 3.05) is 18.5 Å². The van der Waals surface area contributed by atoms with Crippen LogP contribution in [-0.2, 0) is 35.9 Å². The summed E-state index contributed by atoms with van der Waals surface area (Å²) >= 11 is 0. The summed E-state index contributed by atoms with van der Waals surface area (Å²) in [5.74, 6) is 4.96. The van der Waals surface area contributed by atoms with Crippen LogP contribution in [0.25, 0.3) is 0 Å². The van der Waals surface area contributed by atoms with Gasteiger partial charge in [-0.3, -0.25) is 19.3 Å². The van der Waals surface area contributed by atoms with Crippen LogP contribution in [0.3, 0.4) is 0 Å². The molecule has 1 amide bonds. The Balaban J connectivity index is 1.60. The number of amides is 1. The highest BCUT2D eigenvalue weighted by molar-refractivity contribution is 7.86. The SMILES string of the molecule is C[N+]1=C(/C=C/C=C/C=C2/N(CCCCCC(=O)NN)c3ccc(S(=O)(=O)O)cc3C2(C)C)C(C)(C)c2cc(S(=O)(=O)O)ccc21. The van der Waals surface area contributed by atoms with Crippen molar-refractivity contribution in [1.82, 2.24) is 5.43 Å². The third-order valence-corrected chi connectivity index (χ3v) is 10.3. The number of rotatable bonds is 11. The van der Waals surface area contributed by atoms with Crippen LogP contribution < -0.4 is 16.2 Å². The van der Waals surface area contributed by atoms with E-state index in [4.69, 9.17) is 5.84 Å². The van der Waals surface area contributed by atoms with Crippen LogP contribution in [0.1, 0.15) is 64.5 Å². The van der Waals surface area contributed by atoms with Gasteiger partial charge in [0.15, 0.2) is 5.71 Å². The fourth-order valence-corrected chi connectivity index (χ4v) is 7.21. The summed E-state index contributed by atoms with van der Waals surface area (Å²) in [4.78, 5) is 13.3. The number of carbonyl (C=O) groups is 1. The van der Waals surface area contributed by atoms with E-state index in [1.54, 1.807) is 12.1 Å². The fraction of sp³-hybridized carbons (Fsp3) is 0.375. The van der Waals surface area contributed by atoms with E-state index in [9.17, 15) is 30.7 Å². The number of fused-ring (bicyclic) bond motifs is 2. The largest absolute Gasteiger partial charge is 0.344 e. The molecule has 2 aliphatic rings. The minimum Gasteiger partial charge on any atom is -0.344 e. The van der Waals surface area contributed by atoms with Crippen molar-refractivity contribution in [2.45, 2.75) is 74.0 Å². The highest BCUT2D eigenvalue weighted by Gasteiger charge is 2.43. The van der Waals surface area contributed by atoms with E-state index in [0.717, 1.165) is 46.8 Å². The smallest absolute Gasteiger partial charge is 0.294 e. The summed E-state index contributed by atoms with van der Waals surface area (Å²) in [5.41, 5.74) is 6.22. The zero-order valence-corrected chi connectivity index (χ0v) is 27.7. The Morgan fingerprint density at radius 3 is 2.13 bits per heavy atom. The van der Waals surface area contributed by atoms with E-state index in [1.165, 1.54) is 24.3 Å². The quantitative estimate of drug-likeness (QED) is 0.0516. The van der Waals surface area contributed by atoms with Gasteiger partial charge in [-0.1, -0.05) is 38.5 Å². The summed E-state index contributed by atoms with van der Waals surface area (Å²) < 4.78 is 68.5. The van der Waals surface area contributed by atoms with Gasteiger partial charge >= 0.3 is 0 Å². The lowest BCUT2D eigenvalue weighted by atomic mass is 9.81. The summed E-state index contributed by atoms with van der Waals surface area (Å²) in [7, 11) is -6.80. The lowest BCUT2D eigenvalue weighted by molar-refractivity contribution is -0.401. The van der Waals surface area contributed by atoms with Gasteiger partial charge in [-0.15, -0.1) is 0 Å². The van der Waals surface area contributed by atoms with Gasteiger partial charge in [0, 0.05) is 47.5 Å². The second-order valence-electron chi connectivity index (χ2n) is 12.3. The molecule has 2 aromatic rings. The van der Waals surface area contributed by atoms with Gasteiger partial charge in [0.1, 0.15) is 7.05 Å². The minimum atomic E-state index is -4.38. The first-order chi connectivity index (χ1) is 20.9. The number of nitrogens with zero attached hydrogens (tertiary/aromatic N) is 2. The molecule has 2 aromatic carbocycles. The average molecular weight is 658 g/mol. The molecule has 4 rings (SSSR count). The Labute approximate surface area is 265 Å². The molecule has 0 aromatic heterocycles. The average Bonchev–Trinajstić information content (AvgIpc) is 3.29. The van der Waals surface area contributed by atoms with Crippen molar-refractivity contribution in [3.8, 4) is 0 Å². The molecule has 0 radical (unpaired) electrons. The topological polar surface area (TPSA) is 170 Å². The lowest BCUT2D eigenvalue weighted by Gasteiger charge is -2.27. The Morgan fingerprint density at radius 1 is 0.889 bits per heavy atom. The molecule has 0 atom stereocenters. The second-order valence-corrected chi connectivity index (χ2v) is 15.2. The number of nitrogens with two attached hydrogens (primary N) is 1. The Bertz CT molecular complexity index is 1850. The van der Waals surface area contributed by atoms with Gasteiger partial charge in [0.05, 0.1) is 15.2 Å². The molecule has 5 N–H and O–H groups in total. The van der Waals surface area contributed by atoms with Crippen LogP contribution in [0.4, 0.5) is 11.4 Å². The molecule has 2 heterocycles. The van der Waals surface area contributed by atoms with Crippen molar-refractivity contribution < 1.29 is 35.3 Å². The van der Waals surface area contributed by atoms with Crippen LogP contribution in [0, 0.1) is 0 Å². The summed E-state index contributed by atoms with van der Waals surface area (Å²) in [5, 5.41) is 0. The zero-order valence-electron chi connectivity index (χ0n) is 26.1. The molecule has 0 saturated heterocycles. The van der Waals surface area contributed by atoms with Crippen molar-refractivity contribution in [3.63, 3.8) is 0 Å². The summed E-state index contributed by atoms with van der Waals surface area (Å²) in [6.07, 6.45) is 12.3. The summed E-state index contributed by atoms with van der Waals surface area (Å²) in [6.45, 7) is 8.64. The van der Waals surface area contributed by atoms with Crippen molar-refractivity contribution in [1.29, 1.82) is 0 Å². The van der Waals surface area contributed by atoms with Gasteiger partial charge < -0.3 is 4.90 Å². The molecule has 13 heteroatoms. The maximum Gasteiger partial charge on any atom is 0.294 e. The van der Waals surface area contributed by atoms with E-state index in [1.807, 2.05) is 69.7 Å². The van der Waals surface area contributed by atoms with Crippen molar-refractivity contribution in [3.05, 3.63) is 83.6 Å². The van der Waals surface area contributed by atoms with E-state index in [0.29, 0.717) is 19.4 Å². The lowest BCUT2D eigenvalue weighted by Crippen LogP contribution is -2.29. The number of hydrogen-bond donors (Lipinski definition) is 4. The number of unbranched alkanes of at least 4 members (excludes halogenated alkanes) is 2. The molecular formula is C32H41N4O7S2+. The molecule has 2 aliphatic heterocycles. The maximum absolute atomic E-state index is 11.9. The fourth-order valence-electron chi connectivity index (χ4n) is 6.19. The van der Waals surface area contributed by atoms with Gasteiger partial charge in [0.2, 0.25) is 11.6 Å². The van der Waals surface area contributed by atoms with Crippen LogP contribution >= 0.6 is 0 Å². The van der Waals surface area contributed by atoms with E-state index in [2.05, 4.69) is 10.3 Å². The van der Waals surface area contributed by atoms with Gasteiger partial charge in [-0.2, -0.15) is 21.4 Å². The predicted molar refractivity (Wildman–Crippen MR) is 174 cm³/mol. The van der Waals surface area contributed by atoms with Crippen LogP contribution in [0.5, 0.6) is 0 Å². The zero-order chi connectivity index (χ0) is 33.4. The molecular weight excluding hydrogens is 617 g/mol. The highest BCUT2D eigenvalue weighted by atomic mass is 32.2. The number of allylic oxidation sites excluding steroid dienone is 6. The first-order valence-corrected chi connectivity index (χ1v) is 17.5. The molecule has 11 nitrogen and oxygen atoms in total. The van der Waals surface area contributed by atoms with Crippen molar-refractivity contribution in [2.24, 2.45) is 5.84 Å². The molecule has 0 saturated carbocycles.